The van der Waals surface area contributed by atoms with Gasteiger partial charge in [-0.2, -0.15) is 0 Å². The number of halogens is 1. The van der Waals surface area contributed by atoms with Crippen LogP contribution in [0.15, 0.2) is 36.4 Å². The molecule has 0 unspecified atom stereocenters. The summed E-state index contributed by atoms with van der Waals surface area (Å²) in [4.78, 5) is 26.4. The molecule has 0 spiro atoms. The van der Waals surface area contributed by atoms with Gasteiger partial charge in [-0.1, -0.05) is 12.2 Å². The van der Waals surface area contributed by atoms with Gasteiger partial charge in [-0.05, 0) is 55.9 Å². The molecule has 0 radical (unpaired) electrons. The van der Waals surface area contributed by atoms with Gasteiger partial charge in [0.15, 0.2) is 0 Å². The molecule has 1 aromatic rings. The molecule has 24 heavy (non-hydrogen) atoms. The van der Waals surface area contributed by atoms with Crippen molar-refractivity contribution < 1.29 is 14.0 Å². The van der Waals surface area contributed by atoms with Crippen molar-refractivity contribution in [3.05, 3.63) is 47.8 Å². The zero-order valence-electron chi connectivity index (χ0n) is 13.7. The highest BCUT2D eigenvalue weighted by Gasteiger charge is 2.25. The molecule has 0 bridgehead atoms. The van der Waals surface area contributed by atoms with Crippen molar-refractivity contribution >= 4 is 11.8 Å². The van der Waals surface area contributed by atoms with E-state index < -0.39 is 0 Å². The van der Waals surface area contributed by atoms with E-state index in [0.29, 0.717) is 31.0 Å². The second kappa shape index (κ2) is 7.60. The average molecular weight is 330 g/mol. The minimum Gasteiger partial charge on any atom is -0.349 e. The molecule has 128 valence electrons. The van der Waals surface area contributed by atoms with Crippen LogP contribution in [0.25, 0.3) is 0 Å². The highest BCUT2D eigenvalue weighted by Crippen LogP contribution is 2.22. The third kappa shape index (κ3) is 4.22. The Balaban J connectivity index is 1.44. The fourth-order valence-corrected chi connectivity index (χ4v) is 3.36. The van der Waals surface area contributed by atoms with Gasteiger partial charge in [0, 0.05) is 31.1 Å². The van der Waals surface area contributed by atoms with Gasteiger partial charge < -0.3 is 10.2 Å². The summed E-state index contributed by atoms with van der Waals surface area (Å²) < 4.78 is 12.9. The van der Waals surface area contributed by atoms with Crippen molar-refractivity contribution in [2.24, 2.45) is 5.92 Å². The van der Waals surface area contributed by atoms with Crippen LogP contribution in [0.3, 0.4) is 0 Å². The molecule has 2 amide bonds. The highest BCUT2D eigenvalue weighted by molar-refractivity contribution is 5.94. The molecule has 0 saturated carbocycles. The third-order valence-corrected chi connectivity index (χ3v) is 4.84. The van der Waals surface area contributed by atoms with Gasteiger partial charge in [0.05, 0.1) is 0 Å². The van der Waals surface area contributed by atoms with Gasteiger partial charge in [0.2, 0.25) is 5.91 Å². The summed E-state index contributed by atoms with van der Waals surface area (Å²) in [5, 5.41) is 2.98. The molecule has 1 atom stereocenters. The summed E-state index contributed by atoms with van der Waals surface area (Å²) in [5.41, 5.74) is 0.461. The number of nitrogens with one attached hydrogen (secondary N) is 1. The van der Waals surface area contributed by atoms with Crippen molar-refractivity contribution in [2.75, 3.05) is 13.1 Å². The number of benzene rings is 1. The van der Waals surface area contributed by atoms with E-state index in [2.05, 4.69) is 17.5 Å². The van der Waals surface area contributed by atoms with Crippen LogP contribution < -0.4 is 5.32 Å². The summed E-state index contributed by atoms with van der Waals surface area (Å²) in [6, 6.07) is 5.61. The zero-order chi connectivity index (χ0) is 16.9. The number of carbonyl (C=O) groups excluding carboxylic acids is 2. The van der Waals surface area contributed by atoms with Gasteiger partial charge >= 0.3 is 0 Å². The van der Waals surface area contributed by atoms with Crippen LogP contribution in [-0.4, -0.2) is 35.8 Å². The van der Waals surface area contributed by atoms with Crippen LogP contribution in [-0.2, 0) is 4.79 Å². The van der Waals surface area contributed by atoms with Crippen LogP contribution in [0.1, 0.15) is 42.5 Å². The SMILES string of the molecule is O=C(NC1CCN(C(=O)C[C@@H]2C=CCC2)CC1)c1ccc(F)cc1. The van der Waals surface area contributed by atoms with Crippen molar-refractivity contribution in [2.45, 2.75) is 38.1 Å². The molecule has 4 nitrogen and oxygen atoms in total. The molecule has 1 aliphatic heterocycles. The molecule has 0 aromatic heterocycles. The first-order valence-electron chi connectivity index (χ1n) is 8.62. The molecule has 5 heteroatoms. The Kier molecular flexibility index (Phi) is 5.28. The predicted molar refractivity (Wildman–Crippen MR) is 89.9 cm³/mol. The smallest absolute Gasteiger partial charge is 0.251 e. The summed E-state index contributed by atoms with van der Waals surface area (Å²) in [6.45, 7) is 1.37. The number of piperidine rings is 1. The average Bonchev–Trinajstić information content (AvgIpc) is 3.09. The van der Waals surface area contributed by atoms with Crippen LogP contribution in [0.4, 0.5) is 4.39 Å². The lowest BCUT2D eigenvalue weighted by Gasteiger charge is -2.33. The normalized spacial score (nSPS) is 21.0. The van der Waals surface area contributed by atoms with E-state index in [9.17, 15) is 14.0 Å². The first-order valence-corrected chi connectivity index (χ1v) is 8.62. The Hall–Kier alpha value is -2.17. The highest BCUT2D eigenvalue weighted by atomic mass is 19.1. The van der Waals surface area contributed by atoms with E-state index in [4.69, 9.17) is 0 Å². The van der Waals surface area contributed by atoms with E-state index in [1.807, 2.05) is 4.90 Å². The summed E-state index contributed by atoms with van der Waals surface area (Å²) in [7, 11) is 0. The lowest BCUT2D eigenvalue weighted by Crippen LogP contribution is -2.46. The third-order valence-electron chi connectivity index (χ3n) is 4.84. The van der Waals surface area contributed by atoms with Gasteiger partial charge in [-0.15, -0.1) is 0 Å². The molecule has 1 fully saturated rings. The van der Waals surface area contributed by atoms with Crippen LogP contribution in [0.2, 0.25) is 0 Å². The van der Waals surface area contributed by atoms with E-state index in [0.717, 1.165) is 25.7 Å². The van der Waals surface area contributed by atoms with E-state index in [1.165, 1.54) is 24.3 Å². The monoisotopic (exact) mass is 330 g/mol. The Morgan fingerprint density at radius 1 is 1.12 bits per heavy atom. The lowest BCUT2D eigenvalue weighted by atomic mass is 10.0. The van der Waals surface area contributed by atoms with Crippen LogP contribution in [0.5, 0.6) is 0 Å². The maximum atomic E-state index is 12.9. The molecule has 1 aromatic carbocycles. The fourth-order valence-electron chi connectivity index (χ4n) is 3.36. The van der Waals surface area contributed by atoms with Crippen molar-refractivity contribution in [1.29, 1.82) is 0 Å². The summed E-state index contributed by atoms with van der Waals surface area (Å²) >= 11 is 0. The second-order valence-corrected chi connectivity index (χ2v) is 6.61. The van der Waals surface area contributed by atoms with Gasteiger partial charge in [0.25, 0.3) is 5.91 Å². The van der Waals surface area contributed by atoms with E-state index >= 15 is 0 Å². The summed E-state index contributed by atoms with van der Waals surface area (Å²) in [5.74, 6) is 0.0783. The minimum absolute atomic E-state index is 0.0676. The molecular formula is C19H23FN2O2. The number of hydrogen-bond donors (Lipinski definition) is 1. The van der Waals surface area contributed by atoms with Gasteiger partial charge in [-0.25, -0.2) is 4.39 Å². The minimum atomic E-state index is -0.351. The Labute approximate surface area is 141 Å². The van der Waals surface area contributed by atoms with Gasteiger partial charge in [-0.3, -0.25) is 9.59 Å². The molecule has 3 rings (SSSR count). The maximum Gasteiger partial charge on any atom is 0.251 e. The largest absolute Gasteiger partial charge is 0.349 e. The van der Waals surface area contributed by atoms with E-state index in [-0.39, 0.29) is 23.7 Å². The molecule has 2 aliphatic rings. The Morgan fingerprint density at radius 2 is 1.83 bits per heavy atom. The number of rotatable bonds is 4. The van der Waals surface area contributed by atoms with Crippen molar-refractivity contribution in [3.63, 3.8) is 0 Å². The number of amides is 2. The Bertz CT molecular complexity index is 619. The standard InChI is InChI=1S/C19H23FN2O2/c20-16-7-5-15(6-8-16)19(24)21-17-9-11-22(12-10-17)18(23)13-14-3-1-2-4-14/h1,3,5-8,14,17H,2,4,9-13H2,(H,21,24)/t14-/m1/s1. The molecular weight excluding hydrogens is 307 g/mol. The molecule has 1 N–H and O–H groups in total. The second-order valence-electron chi connectivity index (χ2n) is 6.61. The van der Waals surface area contributed by atoms with E-state index in [1.54, 1.807) is 0 Å². The molecule has 1 heterocycles. The Morgan fingerprint density at radius 3 is 2.46 bits per heavy atom. The fraction of sp³-hybridized carbons (Fsp3) is 0.474. The van der Waals surface area contributed by atoms with Crippen LogP contribution in [0, 0.1) is 11.7 Å². The predicted octanol–water partition coefficient (Wildman–Crippen LogP) is 2.90. The summed E-state index contributed by atoms with van der Waals surface area (Å²) in [6.07, 6.45) is 8.58. The number of nitrogens with zero attached hydrogens (tertiary/aromatic N) is 1. The molecule has 1 saturated heterocycles. The van der Waals surface area contributed by atoms with Gasteiger partial charge in [0.1, 0.15) is 5.82 Å². The quantitative estimate of drug-likeness (QED) is 0.863. The molecule has 1 aliphatic carbocycles. The maximum absolute atomic E-state index is 12.9. The number of carbonyl (C=O) groups is 2. The first-order chi connectivity index (χ1) is 11.6. The number of allylic oxidation sites excluding steroid dienone is 2. The number of hydrogen-bond acceptors (Lipinski definition) is 2. The van der Waals surface area contributed by atoms with Crippen LogP contribution >= 0.6 is 0 Å². The number of likely N-dealkylation sites (tertiary alicyclic amines) is 1. The lowest BCUT2D eigenvalue weighted by molar-refractivity contribution is -0.132. The zero-order valence-corrected chi connectivity index (χ0v) is 13.7. The van der Waals surface area contributed by atoms with Crippen molar-refractivity contribution in [1.82, 2.24) is 10.2 Å². The topological polar surface area (TPSA) is 49.4 Å². The first kappa shape index (κ1) is 16.7. The van der Waals surface area contributed by atoms with Crippen molar-refractivity contribution in [3.8, 4) is 0 Å².